The van der Waals surface area contributed by atoms with Crippen LogP contribution in [0.25, 0.3) is 10.8 Å². The zero-order valence-electron chi connectivity index (χ0n) is 6.95. The molecule has 0 aliphatic heterocycles. The van der Waals surface area contributed by atoms with E-state index < -0.39 is 0 Å². The zero-order valence-corrected chi connectivity index (χ0v) is 8.52. The van der Waals surface area contributed by atoms with Crippen LogP contribution in [0, 0.1) is 6.92 Å². The van der Waals surface area contributed by atoms with E-state index in [1.54, 1.807) is 11.3 Å². The predicted octanol–water partition coefficient (Wildman–Crippen LogP) is 2.85. The minimum atomic E-state index is 0.261. The number of rotatable bonds is 2. The van der Waals surface area contributed by atoms with E-state index >= 15 is 0 Å². The summed E-state index contributed by atoms with van der Waals surface area (Å²) in [6.45, 7) is 2.01. The van der Waals surface area contributed by atoms with Crippen LogP contribution in [0.2, 0.25) is 0 Å². The van der Waals surface area contributed by atoms with Crippen molar-refractivity contribution in [3.63, 3.8) is 0 Å². The third-order valence-electron chi connectivity index (χ3n) is 1.64. The third kappa shape index (κ3) is 1.59. The monoisotopic (exact) mass is 214 g/mol. The van der Waals surface area contributed by atoms with Crippen LogP contribution in [0.5, 0.6) is 0 Å². The first-order valence-corrected chi connectivity index (χ1v) is 5.15. The normalized spacial score (nSPS) is 10.6. The number of thiophene rings is 1. The highest BCUT2D eigenvalue weighted by Crippen LogP contribution is 2.27. The van der Waals surface area contributed by atoms with Gasteiger partial charge in [-0.25, -0.2) is 0 Å². The SMILES string of the molecule is Cc1ccsc1-c1nnc(CCl)o1. The van der Waals surface area contributed by atoms with Gasteiger partial charge >= 0.3 is 0 Å². The number of nitrogens with zero attached hydrogens (tertiary/aromatic N) is 2. The molecule has 0 aliphatic carbocycles. The molecule has 2 heterocycles. The molecule has 0 bridgehead atoms. The molecule has 0 N–H and O–H groups in total. The van der Waals surface area contributed by atoms with Crippen LogP contribution in [0.1, 0.15) is 11.5 Å². The zero-order chi connectivity index (χ0) is 9.26. The van der Waals surface area contributed by atoms with Crippen LogP contribution in [0.4, 0.5) is 0 Å². The molecule has 0 atom stereocenters. The van der Waals surface area contributed by atoms with Crippen molar-refractivity contribution in [3.8, 4) is 10.8 Å². The second-order valence-electron chi connectivity index (χ2n) is 2.57. The van der Waals surface area contributed by atoms with Crippen LogP contribution in [0.3, 0.4) is 0 Å². The van der Waals surface area contributed by atoms with Gasteiger partial charge in [0.15, 0.2) is 0 Å². The molecule has 0 amide bonds. The molecule has 2 rings (SSSR count). The Bertz CT molecular complexity index is 410. The van der Waals surface area contributed by atoms with Gasteiger partial charge in [0.05, 0.1) is 4.88 Å². The molecule has 0 saturated heterocycles. The number of aromatic nitrogens is 2. The summed E-state index contributed by atoms with van der Waals surface area (Å²) in [5.74, 6) is 1.28. The lowest BCUT2D eigenvalue weighted by Gasteiger charge is -1.89. The van der Waals surface area contributed by atoms with E-state index in [1.165, 1.54) is 0 Å². The van der Waals surface area contributed by atoms with Crippen LogP contribution < -0.4 is 0 Å². The number of hydrogen-bond acceptors (Lipinski definition) is 4. The van der Waals surface area contributed by atoms with Gasteiger partial charge in [0, 0.05) is 0 Å². The summed E-state index contributed by atoms with van der Waals surface area (Å²) in [5.41, 5.74) is 1.15. The molecule has 13 heavy (non-hydrogen) atoms. The van der Waals surface area contributed by atoms with E-state index in [0.29, 0.717) is 11.8 Å². The minimum Gasteiger partial charge on any atom is -0.419 e. The van der Waals surface area contributed by atoms with Gasteiger partial charge in [-0.05, 0) is 23.9 Å². The maximum atomic E-state index is 5.55. The largest absolute Gasteiger partial charge is 0.419 e. The fraction of sp³-hybridized carbons (Fsp3) is 0.250. The van der Waals surface area contributed by atoms with Crippen molar-refractivity contribution in [2.45, 2.75) is 12.8 Å². The smallest absolute Gasteiger partial charge is 0.258 e. The van der Waals surface area contributed by atoms with E-state index in [1.807, 2.05) is 18.4 Å². The average Bonchev–Trinajstić information content (AvgIpc) is 2.71. The maximum Gasteiger partial charge on any atom is 0.258 e. The van der Waals surface area contributed by atoms with Crippen molar-refractivity contribution in [2.75, 3.05) is 0 Å². The van der Waals surface area contributed by atoms with Gasteiger partial charge in [-0.3, -0.25) is 0 Å². The summed E-state index contributed by atoms with van der Waals surface area (Å²) >= 11 is 7.14. The third-order valence-corrected chi connectivity index (χ3v) is 2.87. The van der Waals surface area contributed by atoms with Gasteiger partial charge in [-0.15, -0.1) is 33.1 Å². The van der Waals surface area contributed by atoms with Gasteiger partial charge < -0.3 is 4.42 Å². The fourth-order valence-corrected chi connectivity index (χ4v) is 1.94. The molecule has 0 radical (unpaired) electrons. The van der Waals surface area contributed by atoms with Crippen molar-refractivity contribution >= 4 is 22.9 Å². The van der Waals surface area contributed by atoms with Crippen LogP contribution in [-0.4, -0.2) is 10.2 Å². The Hall–Kier alpha value is -0.870. The Balaban J connectivity index is 2.41. The van der Waals surface area contributed by atoms with Crippen molar-refractivity contribution < 1.29 is 4.42 Å². The molecule has 0 fully saturated rings. The van der Waals surface area contributed by atoms with Crippen molar-refractivity contribution in [1.82, 2.24) is 10.2 Å². The fourth-order valence-electron chi connectivity index (χ4n) is 0.991. The number of alkyl halides is 1. The van der Waals surface area contributed by atoms with Gasteiger partial charge in [0.1, 0.15) is 5.88 Å². The molecule has 0 aromatic carbocycles. The summed E-state index contributed by atoms with van der Waals surface area (Å²) in [6.07, 6.45) is 0. The summed E-state index contributed by atoms with van der Waals surface area (Å²) in [6, 6.07) is 2.02. The molecule has 3 nitrogen and oxygen atoms in total. The molecule has 0 saturated carbocycles. The first kappa shape index (κ1) is 8.72. The second kappa shape index (κ2) is 3.47. The number of aryl methyl sites for hydroxylation is 1. The van der Waals surface area contributed by atoms with Gasteiger partial charge in [0.2, 0.25) is 5.89 Å². The topological polar surface area (TPSA) is 38.9 Å². The molecule has 0 aliphatic rings. The molecule has 0 unspecified atom stereocenters. The van der Waals surface area contributed by atoms with Crippen LogP contribution >= 0.6 is 22.9 Å². The lowest BCUT2D eigenvalue weighted by molar-refractivity contribution is 0.528. The Morgan fingerprint density at radius 3 is 2.92 bits per heavy atom. The first-order valence-electron chi connectivity index (χ1n) is 3.74. The Kier molecular flexibility index (Phi) is 2.33. The van der Waals surface area contributed by atoms with Gasteiger partial charge in [0.25, 0.3) is 5.89 Å². The lowest BCUT2D eigenvalue weighted by Crippen LogP contribution is -1.75. The predicted molar refractivity (Wildman–Crippen MR) is 51.9 cm³/mol. The maximum absolute atomic E-state index is 5.55. The molecule has 2 aromatic rings. The Labute approximate surface area is 84.4 Å². The first-order chi connectivity index (χ1) is 6.31. The van der Waals surface area contributed by atoms with Gasteiger partial charge in [-0.2, -0.15) is 0 Å². The second-order valence-corrected chi connectivity index (χ2v) is 3.75. The molecular weight excluding hydrogens is 208 g/mol. The highest BCUT2D eigenvalue weighted by Gasteiger charge is 2.10. The lowest BCUT2D eigenvalue weighted by atomic mass is 10.3. The Morgan fingerprint density at radius 2 is 2.38 bits per heavy atom. The highest BCUT2D eigenvalue weighted by molar-refractivity contribution is 7.13. The van der Waals surface area contributed by atoms with Crippen LogP contribution in [-0.2, 0) is 5.88 Å². The van der Waals surface area contributed by atoms with E-state index in [2.05, 4.69) is 10.2 Å². The number of hydrogen-bond donors (Lipinski definition) is 0. The summed E-state index contributed by atoms with van der Waals surface area (Å²) in [5, 5.41) is 9.68. The standard InChI is InChI=1S/C8H7ClN2OS/c1-5-2-3-13-7(5)8-11-10-6(4-9)12-8/h2-3H,4H2,1H3. The highest BCUT2D eigenvalue weighted by atomic mass is 35.5. The van der Waals surface area contributed by atoms with Crippen LogP contribution in [0.15, 0.2) is 15.9 Å². The van der Waals surface area contributed by atoms with Gasteiger partial charge in [-0.1, -0.05) is 0 Å². The molecule has 0 spiro atoms. The molecule has 5 heteroatoms. The Morgan fingerprint density at radius 1 is 1.54 bits per heavy atom. The summed E-state index contributed by atoms with van der Waals surface area (Å²) < 4.78 is 5.31. The summed E-state index contributed by atoms with van der Waals surface area (Å²) in [7, 11) is 0. The van der Waals surface area contributed by atoms with Crippen molar-refractivity contribution in [3.05, 3.63) is 22.9 Å². The van der Waals surface area contributed by atoms with Crippen molar-refractivity contribution in [2.24, 2.45) is 0 Å². The van der Waals surface area contributed by atoms with E-state index in [0.717, 1.165) is 10.4 Å². The summed E-state index contributed by atoms with van der Waals surface area (Å²) in [4.78, 5) is 1.02. The average molecular weight is 215 g/mol. The van der Waals surface area contributed by atoms with E-state index in [-0.39, 0.29) is 5.88 Å². The minimum absolute atomic E-state index is 0.261. The van der Waals surface area contributed by atoms with E-state index in [4.69, 9.17) is 16.0 Å². The van der Waals surface area contributed by atoms with Crippen molar-refractivity contribution in [1.29, 1.82) is 0 Å². The number of halogens is 1. The molecular formula is C8H7ClN2OS. The quantitative estimate of drug-likeness (QED) is 0.722. The van der Waals surface area contributed by atoms with E-state index in [9.17, 15) is 0 Å². The molecule has 2 aromatic heterocycles. The molecule has 68 valence electrons.